The summed E-state index contributed by atoms with van der Waals surface area (Å²) in [5, 5.41) is 0. The van der Waals surface area contributed by atoms with Crippen molar-refractivity contribution in [3.8, 4) is 23.0 Å². The third-order valence-electron chi connectivity index (χ3n) is 3.88. The van der Waals surface area contributed by atoms with E-state index in [0.717, 1.165) is 12.0 Å². The Labute approximate surface area is 129 Å². The molecule has 0 N–H and O–H groups in total. The van der Waals surface area contributed by atoms with Gasteiger partial charge in [0.25, 0.3) is 0 Å². The van der Waals surface area contributed by atoms with Crippen molar-refractivity contribution in [2.45, 2.75) is 19.8 Å². The molecular formula is C18H18O4. The zero-order chi connectivity index (χ0) is 15.7. The first-order valence-corrected chi connectivity index (χ1v) is 7.25. The van der Waals surface area contributed by atoms with Gasteiger partial charge in [-0.2, -0.15) is 0 Å². The molecule has 0 fully saturated rings. The maximum Gasteiger partial charge on any atom is 0.174 e. The molecule has 0 spiro atoms. The van der Waals surface area contributed by atoms with Gasteiger partial charge in [-0.3, -0.25) is 4.79 Å². The average molecular weight is 298 g/mol. The summed E-state index contributed by atoms with van der Waals surface area (Å²) in [5.74, 6) is 2.24. The van der Waals surface area contributed by atoms with Gasteiger partial charge in [-0.05, 0) is 18.1 Å². The molecule has 1 aliphatic rings. The van der Waals surface area contributed by atoms with Crippen molar-refractivity contribution in [2.75, 3.05) is 14.2 Å². The van der Waals surface area contributed by atoms with Crippen LogP contribution in [0.25, 0.3) is 0 Å². The summed E-state index contributed by atoms with van der Waals surface area (Å²) in [6.45, 7) is 2.09. The Morgan fingerprint density at radius 3 is 2.59 bits per heavy atom. The number of Topliss-reactive ketones (excluding diaryl/α,β-unsaturated/α-hetero) is 1. The van der Waals surface area contributed by atoms with Crippen LogP contribution in [-0.4, -0.2) is 20.0 Å². The molecule has 22 heavy (non-hydrogen) atoms. The van der Waals surface area contributed by atoms with Gasteiger partial charge in [0.05, 0.1) is 14.2 Å². The van der Waals surface area contributed by atoms with Gasteiger partial charge in [-0.15, -0.1) is 0 Å². The van der Waals surface area contributed by atoms with Gasteiger partial charge in [-0.25, -0.2) is 0 Å². The summed E-state index contributed by atoms with van der Waals surface area (Å²) in [5.41, 5.74) is 2.56. The van der Waals surface area contributed by atoms with Gasteiger partial charge in [0.2, 0.25) is 0 Å². The number of ether oxygens (including phenoxy) is 3. The van der Waals surface area contributed by atoms with E-state index in [9.17, 15) is 4.79 Å². The number of fused-ring (bicyclic) bond motifs is 2. The number of methoxy groups -OCH3 is 2. The number of hydrogen-bond acceptors (Lipinski definition) is 4. The second-order valence-electron chi connectivity index (χ2n) is 5.20. The minimum Gasteiger partial charge on any atom is -0.496 e. The largest absolute Gasteiger partial charge is 0.496 e. The van der Waals surface area contributed by atoms with Crippen LogP contribution in [0.4, 0.5) is 0 Å². The minimum atomic E-state index is -0.0125. The second kappa shape index (κ2) is 5.72. The Hall–Kier alpha value is -2.49. The highest BCUT2D eigenvalue weighted by Crippen LogP contribution is 2.41. The van der Waals surface area contributed by atoms with Crippen molar-refractivity contribution < 1.29 is 19.0 Å². The predicted octanol–water partition coefficient (Wildman–Crippen LogP) is 3.80. The molecule has 1 aliphatic heterocycles. The molecule has 3 rings (SSSR count). The van der Waals surface area contributed by atoms with E-state index in [1.807, 2.05) is 18.2 Å². The van der Waals surface area contributed by atoms with E-state index in [-0.39, 0.29) is 5.78 Å². The molecule has 2 aromatic rings. The number of rotatable bonds is 3. The summed E-state index contributed by atoms with van der Waals surface area (Å²) < 4.78 is 16.6. The molecule has 0 atom stereocenters. The zero-order valence-corrected chi connectivity index (χ0v) is 12.9. The maximum absolute atomic E-state index is 12.6. The first-order chi connectivity index (χ1) is 10.7. The molecule has 0 bridgehead atoms. The molecule has 2 aromatic carbocycles. The highest BCUT2D eigenvalue weighted by Gasteiger charge is 2.26. The molecule has 1 heterocycles. The van der Waals surface area contributed by atoms with Gasteiger partial charge in [-0.1, -0.05) is 19.1 Å². The summed E-state index contributed by atoms with van der Waals surface area (Å²) >= 11 is 0. The van der Waals surface area contributed by atoms with E-state index < -0.39 is 0 Å². The van der Waals surface area contributed by atoms with Crippen LogP contribution in [0.15, 0.2) is 30.3 Å². The van der Waals surface area contributed by atoms with Crippen molar-refractivity contribution >= 4 is 5.78 Å². The monoisotopic (exact) mass is 298 g/mol. The van der Waals surface area contributed by atoms with Crippen LogP contribution in [0.5, 0.6) is 23.0 Å². The summed E-state index contributed by atoms with van der Waals surface area (Å²) in [6, 6.07) is 9.39. The lowest BCUT2D eigenvalue weighted by molar-refractivity contribution is 0.0990. The molecular weight excluding hydrogens is 280 g/mol. The standard InChI is InChI=1S/C18H18O4/c1-4-11-5-6-15-12(7-11)8-14(19)18-16(21-3)9-13(20-2)10-17(18)22-15/h5-7,9-10H,4,8H2,1-3H3. The van der Waals surface area contributed by atoms with Crippen molar-refractivity contribution in [2.24, 2.45) is 0 Å². The molecule has 0 radical (unpaired) electrons. The summed E-state index contributed by atoms with van der Waals surface area (Å²) in [4.78, 5) is 12.6. The Kier molecular flexibility index (Phi) is 3.75. The fraction of sp³-hybridized carbons (Fsp3) is 0.278. The lowest BCUT2D eigenvalue weighted by atomic mass is 10.00. The maximum atomic E-state index is 12.6. The Balaban J connectivity index is 2.15. The summed E-state index contributed by atoms with van der Waals surface area (Å²) in [7, 11) is 3.11. The van der Waals surface area contributed by atoms with Crippen molar-refractivity contribution in [3.05, 3.63) is 47.0 Å². The van der Waals surface area contributed by atoms with Crippen LogP contribution in [-0.2, 0) is 12.8 Å². The van der Waals surface area contributed by atoms with E-state index in [1.54, 1.807) is 19.2 Å². The van der Waals surface area contributed by atoms with E-state index in [1.165, 1.54) is 12.7 Å². The van der Waals surface area contributed by atoms with Gasteiger partial charge in [0.1, 0.15) is 28.6 Å². The van der Waals surface area contributed by atoms with Crippen molar-refractivity contribution in [3.63, 3.8) is 0 Å². The van der Waals surface area contributed by atoms with Gasteiger partial charge in [0, 0.05) is 24.1 Å². The normalized spacial score (nSPS) is 12.8. The molecule has 0 unspecified atom stereocenters. The van der Waals surface area contributed by atoms with Crippen LogP contribution >= 0.6 is 0 Å². The Morgan fingerprint density at radius 1 is 1.09 bits per heavy atom. The number of carbonyl (C=O) groups is 1. The minimum absolute atomic E-state index is 0.0125. The molecule has 0 amide bonds. The molecule has 0 saturated heterocycles. The fourth-order valence-corrected chi connectivity index (χ4v) is 2.67. The van der Waals surface area contributed by atoms with Crippen LogP contribution in [0.2, 0.25) is 0 Å². The number of ketones is 1. The predicted molar refractivity (Wildman–Crippen MR) is 83.5 cm³/mol. The quantitative estimate of drug-likeness (QED) is 0.864. The third kappa shape index (κ3) is 2.41. The fourth-order valence-electron chi connectivity index (χ4n) is 2.67. The smallest absolute Gasteiger partial charge is 0.174 e. The number of carbonyl (C=O) groups excluding carboxylic acids is 1. The highest BCUT2D eigenvalue weighted by molar-refractivity contribution is 6.03. The zero-order valence-electron chi connectivity index (χ0n) is 12.9. The molecule has 114 valence electrons. The van der Waals surface area contributed by atoms with E-state index >= 15 is 0 Å². The van der Waals surface area contributed by atoms with Crippen LogP contribution < -0.4 is 14.2 Å². The van der Waals surface area contributed by atoms with Gasteiger partial charge >= 0.3 is 0 Å². The van der Waals surface area contributed by atoms with Gasteiger partial charge in [0.15, 0.2) is 5.78 Å². The number of benzene rings is 2. The first-order valence-electron chi connectivity index (χ1n) is 7.25. The first kappa shape index (κ1) is 14.4. The van der Waals surface area contributed by atoms with Crippen molar-refractivity contribution in [1.82, 2.24) is 0 Å². The molecule has 0 aromatic heterocycles. The van der Waals surface area contributed by atoms with E-state index in [2.05, 4.69) is 6.92 Å². The van der Waals surface area contributed by atoms with E-state index in [4.69, 9.17) is 14.2 Å². The molecule has 4 heteroatoms. The number of aryl methyl sites for hydroxylation is 1. The van der Waals surface area contributed by atoms with Crippen LogP contribution in [0.3, 0.4) is 0 Å². The topological polar surface area (TPSA) is 44.8 Å². The Bertz CT molecular complexity index is 734. The molecule has 0 aliphatic carbocycles. The number of hydrogen-bond donors (Lipinski definition) is 0. The van der Waals surface area contributed by atoms with Gasteiger partial charge < -0.3 is 14.2 Å². The summed E-state index contributed by atoms with van der Waals surface area (Å²) in [6.07, 6.45) is 1.23. The Morgan fingerprint density at radius 2 is 1.91 bits per heavy atom. The molecule has 0 saturated carbocycles. The van der Waals surface area contributed by atoms with Crippen LogP contribution in [0, 0.1) is 0 Å². The third-order valence-corrected chi connectivity index (χ3v) is 3.88. The van der Waals surface area contributed by atoms with E-state index in [0.29, 0.717) is 35.0 Å². The van der Waals surface area contributed by atoms with Crippen molar-refractivity contribution in [1.29, 1.82) is 0 Å². The van der Waals surface area contributed by atoms with Crippen LogP contribution in [0.1, 0.15) is 28.4 Å². The average Bonchev–Trinajstić information content (AvgIpc) is 2.68. The second-order valence-corrected chi connectivity index (χ2v) is 5.20. The highest BCUT2D eigenvalue weighted by atomic mass is 16.5. The lowest BCUT2D eigenvalue weighted by Gasteiger charge is -2.13. The lowest BCUT2D eigenvalue weighted by Crippen LogP contribution is -2.05. The molecule has 4 nitrogen and oxygen atoms in total. The SMILES string of the molecule is CCc1ccc2c(c1)CC(=O)c1c(OC)cc(OC)cc1O2.